The number of carbonyl (C=O) groups excluding carboxylic acids is 1. The number of urea groups is 1. The first-order valence-electron chi connectivity index (χ1n) is 10.1. The molecular weight excluding hydrogens is 368 g/mol. The largest absolute Gasteiger partial charge is 0.493 e. The van der Waals surface area contributed by atoms with Crippen molar-refractivity contribution in [2.75, 3.05) is 14.2 Å². The highest BCUT2D eigenvalue weighted by Crippen LogP contribution is 2.38. The van der Waals surface area contributed by atoms with Crippen LogP contribution in [-0.4, -0.2) is 32.4 Å². The summed E-state index contributed by atoms with van der Waals surface area (Å²) in [6.07, 6.45) is 3.60. The maximum Gasteiger partial charge on any atom is 0.315 e. The van der Waals surface area contributed by atoms with Crippen LogP contribution in [0.4, 0.5) is 4.79 Å². The molecule has 3 rings (SSSR count). The summed E-state index contributed by atoms with van der Waals surface area (Å²) >= 11 is 0. The van der Waals surface area contributed by atoms with Crippen LogP contribution in [0.15, 0.2) is 48.5 Å². The fraction of sp³-hybridized carbons (Fsp3) is 0.435. The summed E-state index contributed by atoms with van der Waals surface area (Å²) in [6.45, 7) is 1.99. The van der Waals surface area contributed by atoms with Crippen molar-refractivity contribution in [1.82, 2.24) is 10.6 Å². The van der Waals surface area contributed by atoms with Crippen LogP contribution in [0, 0.1) is 0 Å². The van der Waals surface area contributed by atoms with Crippen molar-refractivity contribution in [3.63, 3.8) is 0 Å². The first-order valence-corrected chi connectivity index (χ1v) is 10.1. The Morgan fingerprint density at radius 2 is 1.62 bits per heavy atom. The monoisotopic (exact) mass is 398 g/mol. The molecule has 1 aliphatic rings. The lowest BCUT2D eigenvalue weighted by Crippen LogP contribution is -2.45. The number of hydrogen-bond acceptors (Lipinski definition) is 4. The molecule has 0 aliphatic heterocycles. The number of nitrogens with one attached hydrogen (secondary N) is 2. The van der Waals surface area contributed by atoms with Crippen molar-refractivity contribution < 1.29 is 19.0 Å². The molecule has 0 unspecified atom stereocenters. The molecule has 2 amide bonds. The average molecular weight is 399 g/mol. The third-order valence-corrected chi connectivity index (χ3v) is 5.32. The van der Waals surface area contributed by atoms with Gasteiger partial charge in [0.05, 0.1) is 26.4 Å². The van der Waals surface area contributed by atoms with Gasteiger partial charge in [-0.2, -0.15) is 0 Å². The van der Waals surface area contributed by atoms with Gasteiger partial charge in [0.1, 0.15) is 0 Å². The SMILES string of the molecule is COc1cccc(OC2CCC(NC(=O)N[C@H](C)c3ccccc3)CC2)c1OC. The third kappa shape index (κ3) is 5.56. The smallest absolute Gasteiger partial charge is 0.315 e. The second-order valence-corrected chi connectivity index (χ2v) is 7.33. The maximum absolute atomic E-state index is 12.3. The zero-order chi connectivity index (χ0) is 20.6. The molecule has 1 atom stereocenters. The Balaban J connectivity index is 1.46. The third-order valence-electron chi connectivity index (χ3n) is 5.32. The van der Waals surface area contributed by atoms with Gasteiger partial charge in [0.25, 0.3) is 0 Å². The summed E-state index contributed by atoms with van der Waals surface area (Å²) in [4.78, 5) is 12.3. The van der Waals surface area contributed by atoms with Gasteiger partial charge in [-0.3, -0.25) is 0 Å². The molecule has 0 heterocycles. The van der Waals surface area contributed by atoms with Crippen molar-refractivity contribution in [2.45, 2.75) is 50.8 Å². The minimum Gasteiger partial charge on any atom is -0.493 e. The van der Waals surface area contributed by atoms with Crippen LogP contribution in [0.2, 0.25) is 0 Å². The number of benzene rings is 2. The van der Waals surface area contributed by atoms with E-state index in [1.165, 1.54) is 0 Å². The molecule has 6 heteroatoms. The predicted molar refractivity (Wildman–Crippen MR) is 113 cm³/mol. The van der Waals surface area contributed by atoms with Crippen molar-refractivity contribution in [3.8, 4) is 17.2 Å². The fourth-order valence-electron chi connectivity index (χ4n) is 3.70. The predicted octanol–water partition coefficient (Wildman–Crippen LogP) is 4.45. The van der Waals surface area contributed by atoms with Crippen LogP contribution < -0.4 is 24.8 Å². The number of para-hydroxylation sites is 1. The number of rotatable bonds is 7. The second kappa shape index (κ2) is 10.0. The lowest BCUT2D eigenvalue weighted by atomic mass is 9.93. The molecule has 156 valence electrons. The molecule has 1 fully saturated rings. The highest BCUT2D eigenvalue weighted by atomic mass is 16.5. The zero-order valence-corrected chi connectivity index (χ0v) is 17.3. The quantitative estimate of drug-likeness (QED) is 0.723. The van der Waals surface area contributed by atoms with Gasteiger partial charge in [0.2, 0.25) is 5.75 Å². The number of hydrogen-bond donors (Lipinski definition) is 2. The Morgan fingerprint density at radius 1 is 0.931 bits per heavy atom. The molecule has 29 heavy (non-hydrogen) atoms. The molecule has 6 nitrogen and oxygen atoms in total. The van der Waals surface area contributed by atoms with Gasteiger partial charge in [0.15, 0.2) is 11.5 Å². The summed E-state index contributed by atoms with van der Waals surface area (Å²) in [5.41, 5.74) is 1.09. The molecule has 1 aliphatic carbocycles. The van der Waals surface area contributed by atoms with Gasteiger partial charge in [-0.25, -0.2) is 4.79 Å². The van der Waals surface area contributed by atoms with Gasteiger partial charge < -0.3 is 24.8 Å². The van der Waals surface area contributed by atoms with E-state index in [1.807, 2.05) is 55.5 Å². The molecule has 0 bridgehead atoms. The van der Waals surface area contributed by atoms with Crippen LogP contribution in [0.1, 0.15) is 44.2 Å². The number of ether oxygens (including phenoxy) is 3. The number of amides is 2. The van der Waals surface area contributed by atoms with Crippen molar-refractivity contribution in [3.05, 3.63) is 54.1 Å². The standard InChI is InChI=1S/C23H30N2O4/c1-16(17-8-5-4-6-9-17)24-23(26)25-18-12-14-19(15-13-18)29-21-11-7-10-20(27-2)22(21)28-3/h4-11,16,18-19H,12-15H2,1-3H3,(H2,24,25,26)/t16-,18?,19?/m1/s1. The van der Waals surface area contributed by atoms with Gasteiger partial charge in [0, 0.05) is 6.04 Å². The maximum atomic E-state index is 12.3. The van der Waals surface area contributed by atoms with E-state index in [0.29, 0.717) is 17.2 Å². The normalized spacial score (nSPS) is 19.7. The Hall–Kier alpha value is -2.89. The molecule has 0 aromatic heterocycles. The lowest BCUT2D eigenvalue weighted by molar-refractivity contribution is 0.135. The molecule has 2 aromatic rings. The van der Waals surface area contributed by atoms with E-state index in [1.54, 1.807) is 14.2 Å². The molecule has 2 N–H and O–H groups in total. The van der Waals surface area contributed by atoms with Crippen LogP contribution in [0.25, 0.3) is 0 Å². The van der Waals surface area contributed by atoms with Crippen LogP contribution in [0.5, 0.6) is 17.2 Å². The first-order chi connectivity index (χ1) is 14.1. The van der Waals surface area contributed by atoms with E-state index in [4.69, 9.17) is 14.2 Å². The Bertz CT molecular complexity index is 789. The summed E-state index contributed by atoms with van der Waals surface area (Å²) in [6, 6.07) is 15.6. The van der Waals surface area contributed by atoms with Gasteiger partial charge in [-0.05, 0) is 50.3 Å². The Kier molecular flexibility index (Phi) is 7.22. The van der Waals surface area contributed by atoms with Crippen LogP contribution >= 0.6 is 0 Å². The van der Waals surface area contributed by atoms with Crippen LogP contribution in [-0.2, 0) is 0 Å². The topological polar surface area (TPSA) is 68.8 Å². The molecule has 0 spiro atoms. The second-order valence-electron chi connectivity index (χ2n) is 7.33. The minimum absolute atomic E-state index is 0.0311. The van der Waals surface area contributed by atoms with Gasteiger partial charge in [-0.1, -0.05) is 36.4 Å². The number of methoxy groups -OCH3 is 2. The fourth-order valence-corrected chi connectivity index (χ4v) is 3.70. The number of carbonyl (C=O) groups is 1. The Morgan fingerprint density at radius 3 is 2.28 bits per heavy atom. The lowest BCUT2D eigenvalue weighted by Gasteiger charge is -2.30. The Labute approximate surface area is 172 Å². The zero-order valence-electron chi connectivity index (χ0n) is 17.3. The van der Waals surface area contributed by atoms with Crippen molar-refractivity contribution >= 4 is 6.03 Å². The minimum atomic E-state index is -0.125. The van der Waals surface area contributed by atoms with E-state index >= 15 is 0 Å². The molecule has 2 aromatic carbocycles. The van der Waals surface area contributed by atoms with E-state index < -0.39 is 0 Å². The van der Waals surface area contributed by atoms with E-state index in [2.05, 4.69) is 10.6 Å². The molecule has 0 saturated heterocycles. The van der Waals surface area contributed by atoms with E-state index in [0.717, 1.165) is 31.2 Å². The van der Waals surface area contributed by atoms with Crippen molar-refractivity contribution in [2.24, 2.45) is 0 Å². The summed E-state index contributed by atoms with van der Waals surface area (Å²) in [5.74, 6) is 1.96. The highest BCUT2D eigenvalue weighted by molar-refractivity contribution is 5.74. The van der Waals surface area contributed by atoms with Gasteiger partial charge in [-0.15, -0.1) is 0 Å². The van der Waals surface area contributed by atoms with E-state index in [-0.39, 0.29) is 24.2 Å². The summed E-state index contributed by atoms with van der Waals surface area (Å²) in [7, 11) is 3.22. The molecule has 1 saturated carbocycles. The highest BCUT2D eigenvalue weighted by Gasteiger charge is 2.25. The molecule has 0 radical (unpaired) electrons. The van der Waals surface area contributed by atoms with Gasteiger partial charge >= 0.3 is 6.03 Å². The molecular formula is C23H30N2O4. The summed E-state index contributed by atoms with van der Waals surface area (Å²) < 4.78 is 16.9. The van der Waals surface area contributed by atoms with Crippen LogP contribution in [0.3, 0.4) is 0 Å². The van der Waals surface area contributed by atoms with Crippen molar-refractivity contribution in [1.29, 1.82) is 0 Å². The van der Waals surface area contributed by atoms with E-state index in [9.17, 15) is 4.79 Å². The summed E-state index contributed by atoms with van der Waals surface area (Å²) in [5, 5.41) is 6.10. The average Bonchev–Trinajstić information content (AvgIpc) is 2.75. The first kappa shape index (κ1) is 20.8.